The standard InChI is InChI=1S/C26H32N2O6/c1-4-16(2)24(25(31)27-14-17(33-3)13-23(29)30)28-26(32)34-15-22-20-11-7-5-9-18(20)19-10-6-8-12-21(19)22/h5-12,16-17,22,24H,4,13-15H2,1-3H3,(H,27,31)(H,28,32)(H,29,30)/t16-,17?,24-/m0/s1. The summed E-state index contributed by atoms with van der Waals surface area (Å²) in [5, 5.41) is 14.3. The first-order valence-electron chi connectivity index (χ1n) is 11.5. The summed E-state index contributed by atoms with van der Waals surface area (Å²) in [5.74, 6) is -1.65. The van der Waals surface area contributed by atoms with Gasteiger partial charge in [-0.25, -0.2) is 4.79 Å². The lowest BCUT2D eigenvalue weighted by Crippen LogP contribution is -2.51. The van der Waals surface area contributed by atoms with Crippen LogP contribution in [0.15, 0.2) is 48.5 Å². The molecule has 3 rings (SSSR count). The molecular weight excluding hydrogens is 436 g/mol. The van der Waals surface area contributed by atoms with Crippen molar-refractivity contribution in [2.45, 2.75) is 44.8 Å². The zero-order valence-corrected chi connectivity index (χ0v) is 19.7. The molecule has 1 unspecified atom stereocenters. The maximum atomic E-state index is 12.8. The molecule has 3 atom stereocenters. The van der Waals surface area contributed by atoms with Crippen LogP contribution in [0.5, 0.6) is 0 Å². The van der Waals surface area contributed by atoms with Crippen LogP contribution in [0.1, 0.15) is 43.7 Å². The van der Waals surface area contributed by atoms with Crippen molar-refractivity contribution in [2.75, 3.05) is 20.3 Å². The number of alkyl carbamates (subject to hydrolysis) is 1. The van der Waals surface area contributed by atoms with E-state index in [4.69, 9.17) is 14.6 Å². The van der Waals surface area contributed by atoms with Crippen molar-refractivity contribution in [2.24, 2.45) is 5.92 Å². The molecule has 0 aliphatic heterocycles. The summed E-state index contributed by atoms with van der Waals surface area (Å²) < 4.78 is 10.7. The summed E-state index contributed by atoms with van der Waals surface area (Å²) in [6.07, 6.45) is -0.903. The van der Waals surface area contributed by atoms with Gasteiger partial charge in [-0.3, -0.25) is 9.59 Å². The van der Waals surface area contributed by atoms with Crippen molar-refractivity contribution < 1.29 is 29.0 Å². The van der Waals surface area contributed by atoms with Crippen LogP contribution in [0.3, 0.4) is 0 Å². The molecule has 0 aromatic heterocycles. The van der Waals surface area contributed by atoms with Gasteiger partial charge in [-0.2, -0.15) is 0 Å². The van der Waals surface area contributed by atoms with Crippen LogP contribution in [0.2, 0.25) is 0 Å². The summed E-state index contributed by atoms with van der Waals surface area (Å²) in [7, 11) is 1.39. The molecule has 0 heterocycles. The predicted octanol–water partition coefficient (Wildman–Crippen LogP) is 3.55. The summed E-state index contributed by atoms with van der Waals surface area (Å²) in [6, 6.07) is 15.3. The Bertz CT molecular complexity index is 978. The van der Waals surface area contributed by atoms with Crippen LogP contribution < -0.4 is 10.6 Å². The first-order valence-corrected chi connectivity index (χ1v) is 11.5. The number of amides is 2. The van der Waals surface area contributed by atoms with E-state index < -0.39 is 30.1 Å². The molecule has 0 bridgehead atoms. The first-order chi connectivity index (χ1) is 16.3. The van der Waals surface area contributed by atoms with E-state index in [1.165, 1.54) is 7.11 Å². The number of ether oxygens (including phenoxy) is 2. The number of carboxylic acid groups (broad SMARTS) is 1. The van der Waals surface area contributed by atoms with Gasteiger partial charge in [-0.15, -0.1) is 0 Å². The molecule has 34 heavy (non-hydrogen) atoms. The number of carbonyl (C=O) groups excluding carboxylic acids is 2. The Kier molecular flexibility index (Phi) is 8.65. The summed E-state index contributed by atoms with van der Waals surface area (Å²) in [4.78, 5) is 36.4. The van der Waals surface area contributed by atoms with Crippen LogP contribution in [0.4, 0.5) is 4.79 Å². The van der Waals surface area contributed by atoms with Crippen molar-refractivity contribution in [3.8, 4) is 11.1 Å². The van der Waals surface area contributed by atoms with Gasteiger partial charge in [0.1, 0.15) is 12.6 Å². The zero-order chi connectivity index (χ0) is 24.7. The summed E-state index contributed by atoms with van der Waals surface area (Å²) in [6.45, 7) is 3.96. The van der Waals surface area contributed by atoms with Crippen LogP contribution >= 0.6 is 0 Å². The van der Waals surface area contributed by atoms with E-state index >= 15 is 0 Å². The van der Waals surface area contributed by atoms with Crippen molar-refractivity contribution >= 4 is 18.0 Å². The van der Waals surface area contributed by atoms with E-state index in [1.54, 1.807) is 0 Å². The minimum Gasteiger partial charge on any atom is -0.481 e. The Balaban J connectivity index is 1.62. The lowest BCUT2D eigenvalue weighted by atomic mass is 9.98. The van der Waals surface area contributed by atoms with E-state index in [9.17, 15) is 14.4 Å². The number of methoxy groups -OCH3 is 1. The fourth-order valence-electron chi connectivity index (χ4n) is 4.23. The quantitative estimate of drug-likeness (QED) is 0.465. The van der Waals surface area contributed by atoms with Gasteiger partial charge in [0.2, 0.25) is 5.91 Å². The molecule has 0 spiro atoms. The Morgan fingerprint density at radius 2 is 1.62 bits per heavy atom. The normalized spacial score (nSPS) is 14.9. The average Bonchev–Trinajstić information content (AvgIpc) is 3.16. The lowest BCUT2D eigenvalue weighted by Gasteiger charge is -2.24. The van der Waals surface area contributed by atoms with Gasteiger partial charge in [0.05, 0.1) is 12.5 Å². The maximum absolute atomic E-state index is 12.8. The molecule has 8 heteroatoms. The molecule has 182 valence electrons. The Hall–Kier alpha value is -3.39. The first kappa shape index (κ1) is 25.2. The molecule has 1 aliphatic carbocycles. The number of hydrogen-bond acceptors (Lipinski definition) is 5. The highest BCUT2D eigenvalue weighted by molar-refractivity contribution is 5.86. The third-order valence-corrected chi connectivity index (χ3v) is 6.35. The Labute approximate surface area is 199 Å². The third kappa shape index (κ3) is 5.94. The van der Waals surface area contributed by atoms with E-state index in [1.807, 2.05) is 50.2 Å². The number of rotatable bonds is 11. The van der Waals surface area contributed by atoms with Gasteiger partial charge < -0.3 is 25.2 Å². The largest absolute Gasteiger partial charge is 0.481 e. The van der Waals surface area contributed by atoms with Gasteiger partial charge in [0.15, 0.2) is 0 Å². The van der Waals surface area contributed by atoms with Crippen LogP contribution in [0, 0.1) is 5.92 Å². The molecule has 8 nitrogen and oxygen atoms in total. The molecule has 1 aliphatic rings. The lowest BCUT2D eigenvalue weighted by molar-refractivity contribution is -0.140. The average molecular weight is 469 g/mol. The SMILES string of the molecule is CC[C@H](C)[C@H](NC(=O)OCC1c2ccccc2-c2ccccc21)C(=O)NCC(CC(=O)O)OC. The molecule has 3 N–H and O–H groups in total. The number of carboxylic acids is 1. The second kappa shape index (κ2) is 11.7. The molecular formula is C26H32N2O6. The fourth-order valence-corrected chi connectivity index (χ4v) is 4.23. The topological polar surface area (TPSA) is 114 Å². The molecule has 0 fully saturated rings. The highest BCUT2D eigenvalue weighted by atomic mass is 16.5. The monoisotopic (exact) mass is 468 g/mol. The van der Waals surface area contributed by atoms with Crippen LogP contribution in [-0.2, 0) is 19.1 Å². The van der Waals surface area contributed by atoms with E-state index in [0.29, 0.717) is 6.42 Å². The van der Waals surface area contributed by atoms with Gasteiger partial charge in [0, 0.05) is 19.6 Å². The zero-order valence-electron chi connectivity index (χ0n) is 19.7. The third-order valence-electron chi connectivity index (χ3n) is 6.35. The minimum atomic E-state index is -1.02. The second-order valence-corrected chi connectivity index (χ2v) is 8.53. The number of hydrogen-bond donors (Lipinski definition) is 3. The Morgan fingerprint density at radius 1 is 1.03 bits per heavy atom. The maximum Gasteiger partial charge on any atom is 0.407 e. The molecule has 2 amide bonds. The Morgan fingerprint density at radius 3 is 2.15 bits per heavy atom. The molecule has 0 radical (unpaired) electrons. The molecule has 0 saturated heterocycles. The number of carbonyl (C=O) groups is 3. The highest BCUT2D eigenvalue weighted by Crippen LogP contribution is 2.44. The number of fused-ring (bicyclic) bond motifs is 3. The summed E-state index contributed by atoms with van der Waals surface area (Å²) >= 11 is 0. The van der Waals surface area contributed by atoms with Gasteiger partial charge in [-0.05, 0) is 28.2 Å². The van der Waals surface area contributed by atoms with Crippen molar-refractivity contribution in [1.82, 2.24) is 10.6 Å². The van der Waals surface area contributed by atoms with E-state index in [-0.39, 0.29) is 31.4 Å². The van der Waals surface area contributed by atoms with E-state index in [0.717, 1.165) is 22.3 Å². The number of benzene rings is 2. The van der Waals surface area contributed by atoms with Crippen LogP contribution in [-0.4, -0.2) is 55.5 Å². The molecule has 0 saturated carbocycles. The van der Waals surface area contributed by atoms with Crippen molar-refractivity contribution in [1.29, 1.82) is 0 Å². The van der Waals surface area contributed by atoms with Gasteiger partial charge >= 0.3 is 12.1 Å². The predicted molar refractivity (Wildman–Crippen MR) is 128 cm³/mol. The van der Waals surface area contributed by atoms with Gasteiger partial charge in [0.25, 0.3) is 0 Å². The number of nitrogens with one attached hydrogen (secondary N) is 2. The number of aliphatic carboxylic acids is 1. The van der Waals surface area contributed by atoms with Crippen LogP contribution in [0.25, 0.3) is 11.1 Å². The minimum absolute atomic E-state index is 0.0287. The summed E-state index contributed by atoms with van der Waals surface area (Å²) in [5.41, 5.74) is 4.49. The van der Waals surface area contributed by atoms with Crippen molar-refractivity contribution in [3.63, 3.8) is 0 Å². The molecule has 2 aromatic carbocycles. The van der Waals surface area contributed by atoms with E-state index in [2.05, 4.69) is 22.8 Å². The second-order valence-electron chi connectivity index (χ2n) is 8.53. The fraction of sp³-hybridized carbons (Fsp3) is 0.423. The molecule has 2 aromatic rings. The van der Waals surface area contributed by atoms with Crippen molar-refractivity contribution in [3.05, 3.63) is 59.7 Å². The van der Waals surface area contributed by atoms with Gasteiger partial charge in [-0.1, -0.05) is 68.8 Å². The smallest absolute Gasteiger partial charge is 0.407 e. The highest BCUT2D eigenvalue weighted by Gasteiger charge is 2.31.